The van der Waals surface area contributed by atoms with Crippen LogP contribution in [0.5, 0.6) is 0 Å². The molecule has 1 aliphatic carbocycles. The van der Waals surface area contributed by atoms with Gasteiger partial charge in [-0.05, 0) is 12.8 Å². The van der Waals surface area contributed by atoms with Crippen LogP contribution in [-0.4, -0.2) is 22.5 Å². The van der Waals surface area contributed by atoms with Gasteiger partial charge in [0.15, 0.2) is 0 Å². The van der Waals surface area contributed by atoms with Gasteiger partial charge in [0, 0.05) is 6.42 Å². The lowest BCUT2D eigenvalue weighted by atomic mass is 9.75. The molecule has 0 aromatic carbocycles. The summed E-state index contributed by atoms with van der Waals surface area (Å²) in [6, 6.07) is 0. The Kier molecular flexibility index (Phi) is 2.31. The van der Waals surface area contributed by atoms with Crippen LogP contribution in [0.25, 0.3) is 0 Å². The first kappa shape index (κ1) is 9.65. The molecule has 0 aromatic rings. The minimum absolute atomic E-state index is 0.162. The molecule has 1 saturated heterocycles. The van der Waals surface area contributed by atoms with E-state index in [1.807, 2.05) is 0 Å². The fourth-order valence-corrected chi connectivity index (χ4v) is 2.50. The zero-order valence-corrected chi connectivity index (χ0v) is 8.08. The van der Waals surface area contributed by atoms with Crippen molar-refractivity contribution >= 4 is 11.8 Å². The minimum Gasteiger partial charge on any atom is -0.389 e. The second-order valence-corrected chi connectivity index (χ2v) is 4.33. The van der Waals surface area contributed by atoms with E-state index in [4.69, 9.17) is 0 Å². The molecule has 2 amide bonds. The molecule has 0 spiro atoms. The molecule has 1 aliphatic heterocycles. The van der Waals surface area contributed by atoms with Gasteiger partial charge in [-0.15, -0.1) is 0 Å². The average molecular weight is 197 g/mol. The third kappa shape index (κ3) is 1.54. The van der Waals surface area contributed by atoms with Gasteiger partial charge in [0.1, 0.15) is 0 Å². The van der Waals surface area contributed by atoms with Crippen LogP contribution in [0.15, 0.2) is 0 Å². The summed E-state index contributed by atoms with van der Waals surface area (Å²) in [4.78, 5) is 22.4. The molecule has 2 rings (SSSR count). The van der Waals surface area contributed by atoms with E-state index in [0.29, 0.717) is 12.8 Å². The van der Waals surface area contributed by atoms with Crippen molar-refractivity contribution in [3.63, 3.8) is 0 Å². The van der Waals surface area contributed by atoms with Gasteiger partial charge in [0.2, 0.25) is 11.8 Å². The zero-order chi connectivity index (χ0) is 10.2. The molecule has 2 N–H and O–H groups in total. The highest BCUT2D eigenvalue weighted by Crippen LogP contribution is 2.37. The molecule has 4 heteroatoms. The molecular weight excluding hydrogens is 182 g/mol. The Morgan fingerprint density at radius 3 is 2.36 bits per heavy atom. The average Bonchev–Trinajstić information content (AvgIpc) is 2.47. The normalized spacial score (nSPS) is 31.6. The van der Waals surface area contributed by atoms with Crippen molar-refractivity contribution in [2.24, 2.45) is 5.92 Å². The van der Waals surface area contributed by atoms with Crippen LogP contribution >= 0.6 is 0 Å². The number of hydrogen-bond donors (Lipinski definition) is 2. The molecule has 1 saturated carbocycles. The number of rotatable bonds is 1. The Labute approximate surface area is 82.7 Å². The number of carbonyl (C=O) groups excluding carboxylic acids is 2. The van der Waals surface area contributed by atoms with Crippen LogP contribution in [0.4, 0.5) is 0 Å². The van der Waals surface area contributed by atoms with Crippen LogP contribution in [0.3, 0.4) is 0 Å². The third-order valence-corrected chi connectivity index (χ3v) is 3.34. The second kappa shape index (κ2) is 3.35. The van der Waals surface area contributed by atoms with Gasteiger partial charge in [-0.3, -0.25) is 14.9 Å². The first-order valence-electron chi connectivity index (χ1n) is 5.18. The maximum absolute atomic E-state index is 11.4. The first-order valence-corrected chi connectivity index (χ1v) is 5.18. The van der Waals surface area contributed by atoms with Gasteiger partial charge in [0.05, 0.1) is 11.5 Å². The van der Waals surface area contributed by atoms with E-state index in [1.54, 1.807) is 0 Å². The first-order chi connectivity index (χ1) is 6.62. The molecule has 1 heterocycles. The lowest BCUT2D eigenvalue weighted by molar-refractivity contribution is -0.133. The Morgan fingerprint density at radius 1 is 1.21 bits per heavy atom. The molecule has 0 bridgehead atoms. The van der Waals surface area contributed by atoms with Crippen molar-refractivity contribution in [1.29, 1.82) is 0 Å². The van der Waals surface area contributed by atoms with Gasteiger partial charge in [0.25, 0.3) is 0 Å². The molecule has 14 heavy (non-hydrogen) atoms. The molecular formula is C10H15NO3. The smallest absolute Gasteiger partial charge is 0.233 e. The van der Waals surface area contributed by atoms with Crippen LogP contribution in [0.2, 0.25) is 0 Å². The van der Waals surface area contributed by atoms with Crippen molar-refractivity contribution in [3.8, 4) is 0 Å². The van der Waals surface area contributed by atoms with Crippen molar-refractivity contribution < 1.29 is 14.7 Å². The molecule has 78 valence electrons. The highest BCUT2D eigenvalue weighted by atomic mass is 16.3. The zero-order valence-electron chi connectivity index (χ0n) is 8.08. The van der Waals surface area contributed by atoms with Crippen LogP contribution < -0.4 is 5.32 Å². The number of hydrogen-bond acceptors (Lipinski definition) is 3. The number of imide groups is 1. The van der Waals surface area contributed by atoms with Crippen LogP contribution in [-0.2, 0) is 9.59 Å². The fraction of sp³-hybridized carbons (Fsp3) is 0.800. The van der Waals surface area contributed by atoms with Crippen molar-refractivity contribution in [1.82, 2.24) is 5.32 Å². The van der Waals surface area contributed by atoms with Gasteiger partial charge in [-0.1, -0.05) is 19.3 Å². The number of aliphatic hydroxyl groups is 1. The van der Waals surface area contributed by atoms with E-state index in [2.05, 4.69) is 5.32 Å². The van der Waals surface area contributed by atoms with Crippen LogP contribution in [0.1, 0.15) is 38.5 Å². The molecule has 0 radical (unpaired) electrons. The summed E-state index contributed by atoms with van der Waals surface area (Å²) in [6.45, 7) is 0. The van der Waals surface area contributed by atoms with E-state index in [9.17, 15) is 14.7 Å². The highest BCUT2D eigenvalue weighted by Gasteiger charge is 2.46. The Bertz CT molecular complexity index is 269. The maximum Gasteiger partial charge on any atom is 0.233 e. The highest BCUT2D eigenvalue weighted by molar-refractivity contribution is 6.04. The third-order valence-electron chi connectivity index (χ3n) is 3.34. The summed E-state index contributed by atoms with van der Waals surface area (Å²) < 4.78 is 0. The number of nitrogens with one attached hydrogen (secondary N) is 1. The molecule has 2 aliphatic rings. The van der Waals surface area contributed by atoms with Gasteiger partial charge in [-0.25, -0.2) is 0 Å². The Balaban J connectivity index is 2.12. The molecule has 4 nitrogen and oxygen atoms in total. The number of amides is 2. The topological polar surface area (TPSA) is 66.4 Å². The molecule has 0 aromatic heterocycles. The van der Waals surface area contributed by atoms with E-state index < -0.39 is 11.5 Å². The SMILES string of the molecule is O=C1CC(C2(O)CCCCC2)C(=O)N1. The van der Waals surface area contributed by atoms with Gasteiger partial charge in [-0.2, -0.15) is 0 Å². The van der Waals surface area contributed by atoms with E-state index in [1.165, 1.54) is 0 Å². The lowest BCUT2D eigenvalue weighted by Gasteiger charge is -2.35. The van der Waals surface area contributed by atoms with Gasteiger partial charge >= 0.3 is 0 Å². The van der Waals surface area contributed by atoms with E-state index >= 15 is 0 Å². The predicted molar refractivity (Wildman–Crippen MR) is 49.3 cm³/mol. The summed E-state index contributed by atoms with van der Waals surface area (Å²) in [5, 5.41) is 12.5. The van der Waals surface area contributed by atoms with E-state index in [0.717, 1.165) is 19.3 Å². The maximum atomic E-state index is 11.4. The monoisotopic (exact) mass is 197 g/mol. The largest absolute Gasteiger partial charge is 0.389 e. The second-order valence-electron chi connectivity index (χ2n) is 4.33. The lowest BCUT2D eigenvalue weighted by Crippen LogP contribution is -2.43. The van der Waals surface area contributed by atoms with Crippen LogP contribution in [0, 0.1) is 5.92 Å². The summed E-state index contributed by atoms with van der Waals surface area (Å²) in [7, 11) is 0. The summed E-state index contributed by atoms with van der Waals surface area (Å²) >= 11 is 0. The summed E-state index contributed by atoms with van der Waals surface area (Å²) in [5.74, 6) is -1.05. The summed E-state index contributed by atoms with van der Waals surface area (Å²) in [5.41, 5.74) is -0.922. The van der Waals surface area contributed by atoms with E-state index in [-0.39, 0.29) is 18.2 Å². The Hall–Kier alpha value is -0.900. The predicted octanol–water partition coefficient (Wildman–Crippen LogP) is 0.344. The number of carbonyl (C=O) groups is 2. The molecule has 2 fully saturated rings. The Morgan fingerprint density at radius 2 is 1.86 bits per heavy atom. The quantitative estimate of drug-likeness (QED) is 0.596. The summed E-state index contributed by atoms with van der Waals surface area (Å²) in [6.07, 6.45) is 4.49. The minimum atomic E-state index is -0.922. The van der Waals surface area contributed by atoms with Crippen molar-refractivity contribution in [2.75, 3.05) is 0 Å². The standard InChI is InChI=1S/C10H15NO3/c12-8-6-7(9(13)11-8)10(14)4-2-1-3-5-10/h7,14H,1-6H2,(H,11,12,13). The van der Waals surface area contributed by atoms with Crippen molar-refractivity contribution in [2.45, 2.75) is 44.1 Å². The molecule has 1 atom stereocenters. The van der Waals surface area contributed by atoms with Crippen molar-refractivity contribution in [3.05, 3.63) is 0 Å². The van der Waals surface area contributed by atoms with Gasteiger partial charge < -0.3 is 5.11 Å². The molecule has 1 unspecified atom stereocenters. The fourth-order valence-electron chi connectivity index (χ4n) is 2.50.